The predicted octanol–water partition coefficient (Wildman–Crippen LogP) is 0.436. The van der Waals surface area contributed by atoms with Gasteiger partial charge in [0.05, 0.1) is 6.54 Å². The average Bonchev–Trinajstić information content (AvgIpc) is 3.06. The van der Waals surface area contributed by atoms with Gasteiger partial charge in [-0.25, -0.2) is 0 Å². The van der Waals surface area contributed by atoms with Crippen LogP contribution < -0.4 is 0 Å². The number of amidine groups is 1. The van der Waals surface area contributed by atoms with Crippen LogP contribution in [0.15, 0.2) is 4.99 Å². The van der Waals surface area contributed by atoms with Crippen molar-refractivity contribution in [3.8, 4) is 0 Å². The largest absolute Gasteiger partial charge is 0.348 e. The van der Waals surface area contributed by atoms with Crippen LogP contribution in [0.1, 0.15) is 26.7 Å². The molecule has 2 fully saturated rings. The van der Waals surface area contributed by atoms with Crippen molar-refractivity contribution in [2.75, 3.05) is 40.3 Å². The summed E-state index contributed by atoms with van der Waals surface area (Å²) >= 11 is 0. The van der Waals surface area contributed by atoms with E-state index in [1.54, 1.807) is 19.0 Å². The molecule has 0 aromatic carbocycles. The molecule has 0 N–H and O–H groups in total. The van der Waals surface area contributed by atoms with Gasteiger partial charge in [0.25, 0.3) is 5.91 Å². The van der Waals surface area contributed by atoms with Gasteiger partial charge in [0.2, 0.25) is 5.91 Å². The molecule has 2 heterocycles. The zero-order valence-electron chi connectivity index (χ0n) is 14.0. The molecule has 122 valence electrons. The molecule has 2 aliphatic heterocycles. The van der Waals surface area contributed by atoms with E-state index >= 15 is 0 Å². The number of amides is 2. The Morgan fingerprint density at radius 2 is 2.14 bits per heavy atom. The summed E-state index contributed by atoms with van der Waals surface area (Å²) in [4.78, 5) is 35.3. The van der Waals surface area contributed by atoms with E-state index in [4.69, 9.17) is 4.99 Å². The second kappa shape index (κ2) is 5.33. The van der Waals surface area contributed by atoms with E-state index in [0.29, 0.717) is 19.0 Å². The average molecular weight is 306 g/mol. The molecule has 6 heteroatoms. The highest BCUT2D eigenvalue weighted by molar-refractivity contribution is 6.07. The van der Waals surface area contributed by atoms with Crippen LogP contribution >= 0.6 is 0 Å². The normalized spacial score (nSPS) is 34.5. The van der Waals surface area contributed by atoms with E-state index in [-0.39, 0.29) is 17.7 Å². The minimum atomic E-state index is -0.541. The van der Waals surface area contributed by atoms with Gasteiger partial charge in [0, 0.05) is 39.6 Å². The van der Waals surface area contributed by atoms with E-state index < -0.39 is 5.54 Å². The van der Waals surface area contributed by atoms with Gasteiger partial charge in [-0.3, -0.25) is 24.4 Å². The first-order chi connectivity index (χ1) is 10.4. The number of carbonyl (C=O) groups excluding carboxylic acids is 2. The van der Waals surface area contributed by atoms with Crippen LogP contribution in [0.5, 0.6) is 0 Å². The smallest absolute Gasteiger partial charge is 0.256 e. The molecule has 22 heavy (non-hydrogen) atoms. The molecular weight excluding hydrogens is 280 g/mol. The first-order valence-corrected chi connectivity index (χ1v) is 8.20. The van der Waals surface area contributed by atoms with Crippen LogP contribution in [0.2, 0.25) is 0 Å². The molecule has 3 rings (SSSR count). The molecule has 3 aliphatic rings. The minimum absolute atomic E-state index is 0.127. The zero-order chi connectivity index (χ0) is 16.1. The van der Waals surface area contributed by atoms with Crippen LogP contribution in [-0.4, -0.2) is 78.2 Å². The number of likely N-dealkylation sites (tertiary alicyclic amines) is 1. The number of hydrogen-bond donors (Lipinski definition) is 0. The summed E-state index contributed by atoms with van der Waals surface area (Å²) in [5, 5.41) is 0. The number of rotatable bonds is 3. The van der Waals surface area contributed by atoms with Crippen molar-refractivity contribution in [3.63, 3.8) is 0 Å². The molecule has 6 nitrogen and oxygen atoms in total. The Labute approximate surface area is 132 Å². The molecule has 0 bridgehead atoms. The van der Waals surface area contributed by atoms with Gasteiger partial charge < -0.3 is 4.90 Å². The van der Waals surface area contributed by atoms with Crippen LogP contribution in [0.25, 0.3) is 0 Å². The number of fused-ring (bicyclic) bond motifs is 2. The van der Waals surface area contributed by atoms with Crippen molar-refractivity contribution in [2.24, 2.45) is 16.8 Å². The molecule has 1 aliphatic carbocycles. The standard InChI is InChI=1S/C16H26N4O2/c1-5-20-11(2)17-16(15(20)22)7-6-12-8-19(9-13(12)16)10-14(21)18(3)4/h12-13H,5-10H2,1-4H3/t12-,13+,16-/m0/s1. The third-order valence-electron chi connectivity index (χ3n) is 5.57. The second-order valence-corrected chi connectivity index (χ2v) is 7.02. The fourth-order valence-corrected chi connectivity index (χ4v) is 4.40. The van der Waals surface area contributed by atoms with Gasteiger partial charge in [0.1, 0.15) is 11.4 Å². The molecule has 2 amide bonds. The molecule has 0 radical (unpaired) electrons. The second-order valence-electron chi connectivity index (χ2n) is 7.02. The molecule has 0 unspecified atom stereocenters. The highest BCUT2D eigenvalue weighted by Gasteiger charge is 2.60. The Morgan fingerprint density at radius 3 is 2.73 bits per heavy atom. The summed E-state index contributed by atoms with van der Waals surface area (Å²) in [6, 6.07) is 0. The van der Waals surface area contributed by atoms with E-state index in [9.17, 15) is 9.59 Å². The maximum absolute atomic E-state index is 12.9. The van der Waals surface area contributed by atoms with Crippen molar-refractivity contribution < 1.29 is 9.59 Å². The van der Waals surface area contributed by atoms with E-state index in [0.717, 1.165) is 31.8 Å². The van der Waals surface area contributed by atoms with Gasteiger partial charge in [-0.1, -0.05) is 0 Å². The summed E-state index contributed by atoms with van der Waals surface area (Å²) in [5.74, 6) is 1.92. The maximum Gasteiger partial charge on any atom is 0.256 e. The first-order valence-electron chi connectivity index (χ1n) is 8.20. The van der Waals surface area contributed by atoms with Crippen LogP contribution in [0.3, 0.4) is 0 Å². The van der Waals surface area contributed by atoms with Gasteiger partial charge in [-0.15, -0.1) is 0 Å². The molecule has 1 spiro atoms. The fraction of sp³-hybridized carbons (Fsp3) is 0.812. The van der Waals surface area contributed by atoms with Crippen molar-refractivity contribution in [2.45, 2.75) is 32.2 Å². The quantitative estimate of drug-likeness (QED) is 0.760. The van der Waals surface area contributed by atoms with Crippen LogP contribution in [0, 0.1) is 11.8 Å². The fourth-order valence-electron chi connectivity index (χ4n) is 4.40. The van der Waals surface area contributed by atoms with Crippen molar-refractivity contribution >= 4 is 17.6 Å². The molecular formula is C16H26N4O2. The summed E-state index contributed by atoms with van der Waals surface area (Å²) in [5.41, 5.74) is -0.541. The summed E-state index contributed by atoms with van der Waals surface area (Å²) in [6.45, 7) is 6.80. The minimum Gasteiger partial charge on any atom is -0.348 e. The Bertz CT molecular complexity index is 530. The Balaban J connectivity index is 1.76. The predicted molar refractivity (Wildman–Crippen MR) is 84.6 cm³/mol. The number of likely N-dealkylation sites (N-methyl/N-ethyl adjacent to an activating group) is 2. The molecule has 1 saturated carbocycles. The van der Waals surface area contributed by atoms with Crippen LogP contribution in [-0.2, 0) is 9.59 Å². The lowest BCUT2D eigenvalue weighted by Gasteiger charge is -2.28. The van der Waals surface area contributed by atoms with Gasteiger partial charge in [0.15, 0.2) is 0 Å². The van der Waals surface area contributed by atoms with E-state index in [2.05, 4.69) is 4.90 Å². The van der Waals surface area contributed by atoms with Gasteiger partial charge in [-0.05, 0) is 32.6 Å². The van der Waals surface area contributed by atoms with Crippen molar-refractivity contribution in [1.82, 2.24) is 14.7 Å². The van der Waals surface area contributed by atoms with Crippen molar-refractivity contribution in [1.29, 1.82) is 0 Å². The highest BCUT2D eigenvalue weighted by Crippen LogP contribution is 2.50. The lowest BCUT2D eigenvalue weighted by atomic mass is 9.85. The SMILES string of the molecule is CCN1C(=O)[C@@]2(CC[C@H]3CN(CC(=O)N(C)C)C[C@H]32)N=C1C. The summed E-state index contributed by atoms with van der Waals surface area (Å²) in [6.07, 6.45) is 1.90. The number of nitrogens with zero attached hydrogens (tertiary/aromatic N) is 4. The lowest BCUT2D eigenvalue weighted by molar-refractivity contribution is -0.132. The molecule has 1 saturated heterocycles. The van der Waals surface area contributed by atoms with Gasteiger partial charge in [-0.2, -0.15) is 0 Å². The number of hydrogen-bond acceptors (Lipinski definition) is 4. The monoisotopic (exact) mass is 306 g/mol. The van der Waals surface area contributed by atoms with Crippen molar-refractivity contribution in [3.05, 3.63) is 0 Å². The number of carbonyl (C=O) groups is 2. The third-order valence-corrected chi connectivity index (χ3v) is 5.57. The topological polar surface area (TPSA) is 56.2 Å². The summed E-state index contributed by atoms with van der Waals surface area (Å²) < 4.78 is 0. The van der Waals surface area contributed by atoms with E-state index in [1.165, 1.54) is 0 Å². The Hall–Kier alpha value is -1.43. The van der Waals surface area contributed by atoms with Crippen LogP contribution in [0.4, 0.5) is 0 Å². The molecule has 0 aromatic rings. The zero-order valence-corrected chi connectivity index (χ0v) is 14.0. The van der Waals surface area contributed by atoms with E-state index in [1.807, 2.05) is 18.7 Å². The van der Waals surface area contributed by atoms with Gasteiger partial charge >= 0.3 is 0 Å². The number of aliphatic imine (C=N–C) groups is 1. The first kappa shape index (κ1) is 15.5. The third kappa shape index (κ3) is 2.16. The maximum atomic E-state index is 12.9. The summed E-state index contributed by atoms with van der Waals surface area (Å²) in [7, 11) is 3.57. The lowest BCUT2D eigenvalue weighted by Crippen LogP contribution is -2.47. The molecule has 3 atom stereocenters. The Morgan fingerprint density at radius 1 is 1.41 bits per heavy atom. The molecule has 0 aromatic heterocycles. The highest BCUT2D eigenvalue weighted by atomic mass is 16.2. The Kier molecular flexibility index (Phi) is 3.75.